The number of hydrogen-bond donors (Lipinski definition) is 0. The zero-order chi connectivity index (χ0) is 24.4. The van der Waals surface area contributed by atoms with E-state index in [1.807, 2.05) is 36.4 Å². The summed E-state index contributed by atoms with van der Waals surface area (Å²) >= 11 is 0. The Hall–Kier alpha value is -2.99. The van der Waals surface area contributed by atoms with Crippen molar-refractivity contribution in [3.63, 3.8) is 0 Å². The first-order valence-corrected chi connectivity index (χ1v) is 13.7. The summed E-state index contributed by atoms with van der Waals surface area (Å²) in [6.07, 6.45) is 8.45. The number of hydrogen-bond acceptors (Lipinski definition) is 5. The first kappa shape index (κ1) is 23.4. The smallest absolute Gasteiger partial charge is 0.317 e. The number of nitrogens with zero attached hydrogens (tertiary/aromatic N) is 3. The number of benzene rings is 2. The lowest BCUT2D eigenvalue weighted by Crippen LogP contribution is -2.64. The highest BCUT2D eigenvalue weighted by molar-refractivity contribution is 5.83. The molecule has 1 saturated carbocycles. The molecule has 3 aromatic rings. The van der Waals surface area contributed by atoms with Gasteiger partial charge in [0.1, 0.15) is 6.54 Å². The van der Waals surface area contributed by atoms with E-state index in [9.17, 15) is 4.79 Å². The average Bonchev–Trinajstić information content (AvgIpc) is 3.23. The number of quaternary nitrogens is 1. The minimum Gasteiger partial charge on any atom is -0.455 e. The Morgan fingerprint density at radius 2 is 1.61 bits per heavy atom. The van der Waals surface area contributed by atoms with Crippen LogP contribution in [0.2, 0.25) is 0 Å². The maximum absolute atomic E-state index is 14.0. The van der Waals surface area contributed by atoms with Crippen LogP contribution in [0.4, 0.5) is 0 Å². The van der Waals surface area contributed by atoms with E-state index in [1.54, 1.807) is 0 Å². The molecule has 1 atom stereocenters. The fraction of sp³-hybridized carbons (Fsp3) is 0.500. The monoisotopic (exact) mass is 486 g/mol. The summed E-state index contributed by atoms with van der Waals surface area (Å²) in [7, 11) is 0. The summed E-state index contributed by atoms with van der Waals surface area (Å²) in [6.45, 7) is 3.69. The summed E-state index contributed by atoms with van der Waals surface area (Å²) in [5, 5.41) is 4.23. The number of esters is 1. The predicted octanol–water partition coefficient (Wildman–Crippen LogP) is 5.68. The van der Waals surface area contributed by atoms with Crippen LogP contribution in [0.1, 0.15) is 62.8 Å². The fourth-order valence-electron chi connectivity index (χ4n) is 6.84. The third-order valence-electron chi connectivity index (χ3n) is 8.94. The molecular weight excluding hydrogens is 450 g/mol. The molecule has 2 aromatic carbocycles. The summed E-state index contributed by atoms with van der Waals surface area (Å²) in [5.41, 5.74) is 1.58. The van der Waals surface area contributed by atoms with Crippen LogP contribution < -0.4 is 0 Å². The molecule has 0 amide bonds. The van der Waals surface area contributed by atoms with Crippen LogP contribution in [0, 0.1) is 5.92 Å². The lowest BCUT2D eigenvalue weighted by Gasteiger charge is -2.51. The van der Waals surface area contributed by atoms with Gasteiger partial charge in [-0.1, -0.05) is 91.5 Å². The standard InChI is InChI=1S/C30H36N3O3/c34-29(30(17-9-1-2-10-18-30)25-13-7-4-8-14-25)35-26-21-33(19-15-23(26)16-20-33)22-27-31-28(32-36-27)24-11-5-3-6-12-24/h3-8,11-14,23,26H,1-2,9-10,15-22H2/q+1. The van der Waals surface area contributed by atoms with Crippen molar-refractivity contribution in [3.05, 3.63) is 72.1 Å². The largest absolute Gasteiger partial charge is 0.455 e. The molecule has 3 aliphatic heterocycles. The first-order valence-electron chi connectivity index (χ1n) is 13.7. The van der Waals surface area contributed by atoms with Crippen LogP contribution in [-0.4, -0.2) is 46.3 Å². The van der Waals surface area contributed by atoms with Gasteiger partial charge < -0.3 is 13.7 Å². The van der Waals surface area contributed by atoms with Gasteiger partial charge in [-0.25, -0.2) is 0 Å². The number of fused-ring (bicyclic) bond motifs is 3. The van der Waals surface area contributed by atoms with E-state index in [0.29, 0.717) is 24.2 Å². The van der Waals surface area contributed by atoms with Crippen molar-refractivity contribution in [3.8, 4) is 11.4 Å². The van der Waals surface area contributed by atoms with Crippen molar-refractivity contribution in [2.24, 2.45) is 5.92 Å². The Labute approximate surface area is 213 Å². The van der Waals surface area contributed by atoms with E-state index in [-0.39, 0.29) is 12.1 Å². The molecule has 188 valence electrons. The summed E-state index contributed by atoms with van der Waals surface area (Å²) in [5.74, 6) is 1.76. The van der Waals surface area contributed by atoms with Crippen LogP contribution in [0.3, 0.4) is 0 Å². The van der Waals surface area contributed by atoms with Crippen molar-refractivity contribution in [1.29, 1.82) is 0 Å². The third-order valence-corrected chi connectivity index (χ3v) is 8.94. The van der Waals surface area contributed by atoms with Crippen molar-refractivity contribution in [2.75, 3.05) is 19.6 Å². The van der Waals surface area contributed by atoms with Gasteiger partial charge in [0, 0.05) is 24.3 Å². The van der Waals surface area contributed by atoms with E-state index in [1.165, 1.54) is 12.8 Å². The van der Waals surface area contributed by atoms with Gasteiger partial charge in [0.2, 0.25) is 5.82 Å². The molecule has 6 nitrogen and oxygen atoms in total. The molecule has 6 heteroatoms. The summed E-state index contributed by atoms with van der Waals surface area (Å²) < 4.78 is 13.0. The molecule has 0 radical (unpaired) electrons. The maximum atomic E-state index is 14.0. The van der Waals surface area contributed by atoms with Crippen molar-refractivity contribution < 1.29 is 18.5 Å². The lowest BCUT2D eigenvalue weighted by molar-refractivity contribution is -0.959. The highest BCUT2D eigenvalue weighted by Gasteiger charge is 2.51. The summed E-state index contributed by atoms with van der Waals surface area (Å²) in [6, 6.07) is 20.3. The van der Waals surface area contributed by atoms with Crippen molar-refractivity contribution >= 4 is 5.97 Å². The van der Waals surface area contributed by atoms with E-state index in [0.717, 1.165) is 73.8 Å². The molecule has 4 fully saturated rings. The zero-order valence-electron chi connectivity index (χ0n) is 21.0. The second-order valence-electron chi connectivity index (χ2n) is 11.2. The van der Waals surface area contributed by atoms with Crippen molar-refractivity contribution in [1.82, 2.24) is 10.1 Å². The minimum atomic E-state index is -0.508. The zero-order valence-corrected chi connectivity index (χ0v) is 21.0. The number of carbonyl (C=O) groups is 1. The number of ether oxygens (including phenoxy) is 1. The van der Waals surface area contributed by atoms with Gasteiger partial charge in [-0.2, -0.15) is 4.98 Å². The fourth-order valence-corrected chi connectivity index (χ4v) is 6.84. The van der Waals surface area contributed by atoms with Gasteiger partial charge >= 0.3 is 5.97 Å². The highest BCUT2D eigenvalue weighted by atomic mass is 16.5. The van der Waals surface area contributed by atoms with Gasteiger partial charge in [0.25, 0.3) is 5.89 Å². The summed E-state index contributed by atoms with van der Waals surface area (Å²) in [4.78, 5) is 18.7. The van der Waals surface area contributed by atoms with E-state index in [4.69, 9.17) is 14.2 Å². The quantitative estimate of drug-likeness (QED) is 0.255. The topological polar surface area (TPSA) is 65.2 Å². The second kappa shape index (κ2) is 9.81. The Morgan fingerprint density at radius 3 is 2.31 bits per heavy atom. The SMILES string of the molecule is O=C(OC1C[N+]2(Cc3nc(-c4ccccc4)no3)CCC1CC2)C1(c2ccccc2)CCCCCC1. The number of rotatable bonds is 6. The number of piperidine rings is 3. The average molecular weight is 487 g/mol. The highest BCUT2D eigenvalue weighted by Crippen LogP contribution is 2.42. The molecule has 1 unspecified atom stereocenters. The first-order chi connectivity index (χ1) is 17.7. The Morgan fingerprint density at radius 1 is 0.944 bits per heavy atom. The third kappa shape index (κ3) is 4.47. The normalized spacial score (nSPS) is 27.3. The van der Waals surface area contributed by atoms with E-state index >= 15 is 0 Å². The van der Waals surface area contributed by atoms with Crippen LogP contribution in [0.15, 0.2) is 65.2 Å². The van der Waals surface area contributed by atoms with Gasteiger partial charge in [0.05, 0.1) is 18.5 Å². The molecule has 4 heterocycles. The predicted molar refractivity (Wildman–Crippen MR) is 137 cm³/mol. The van der Waals surface area contributed by atoms with Gasteiger partial charge in [-0.05, 0) is 18.4 Å². The number of aromatic nitrogens is 2. The Bertz CT molecular complexity index is 1160. The van der Waals surface area contributed by atoms with Gasteiger partial charge in [-0.3, -0.25) is 4.79 Å². The molecule has 0 N–H and O–H groups in total. The number of carbonyl (C=O) groups excluding carboxylic acids is 1. The van der Waals surface area contributed by atoms with Crippen LogP contribution in [0.5, 0.6) is 0 Å². The second-order valence-corrected chi connectivity index (χ2v) is 11.2. The van der Waals surface area contributed by atoms with E-state index in [2.05, 4.69) is 29.4 Å². The van der Waals surface area contributed by atoms with Crippen LogP contribution in [0.25, 0.3) is 11.4 Å². The molecule has 36 heavy (non-hydrogen) atoms. The Balaban J connectivity index is 1.19. The molecule has 1 aromatic heterocycles. The molecule has 4 aliphatic rings. The molecule has 1 aliphatic carbocycles. The molecule has 2 bridgehead atoms. The van der Waals surface area contributed by atoms with Gasteiger partial charge in [0.15, 0.2) is 12.6 Å². The molecule has 7 rings (SSSR count). The van der Waals surface area contributed by atoms with Crippen LogP contribution in [-0.2, 0) is 21.5 Å². The van der Waals surface area contributed by atoms with E-state index < -0.39 is 5.41 Å². The maximum Gasteiger partial charge on any atom is 0.317 e. The van der Waals surface area contributed by atoms with Crippen LogP contribution >= 0.6 is 0 Å². The molecule has 0 spiro atoms. The minimum absolute atomic E-state index is 0.00310. The van der Waals surface area contributed by atoms with Crippen molar-refractivity contribution in [2.45, 2.75) is 69.4 Å². The Kier molecular flexibility index (Phi) is 6.38. The lowest BCUT2D eigenvalue weighted by atomic mass is 9.74. The molecular formula is C30H36N3O3+. The molecule has 3 saturated heterocycles. The van der Waals surface area contributed by atoms with Gasteiger partial charge in [-0.15, -0.1) is 0 Å².